The number of benzene rings is 2. The fourth-order valence-corrected chi connectivity index (χ4v) is 4.48. The van der Waals surface area contributed by atoms with Crippen molar-refractivity contribution in [2.24, 2.45) is 0 Å². The summed E-state index contributed by atoms with van der Waals surface area (Å²) >= 11 is 1.64. The van der Waals surface area contributed by atoms with Gasteiger partial charge in [-0.2, -0.15) is 0 Å². The largest absolute Gasteiger partial charge is 0.450 e. The summed E-state index contributed by atoms with van der Waals surface area (Å²) in [6.07, 6.45) is 3.68. The summed E-state index contributed by atoms with van der Waals surface area (Å²) in [6.45, 7) is 3.88. The molecule has 0 aliphatic carbocycles. The molecule has 1 aliphatic rings. The van der Waals surface area contributed by atoms with E-state index in [4.69, 9.17) is 4.42 Å². The van der Waals surface area contributed by atoms with Crippen molar-refractivity contribution >= 4 is 34.5 Å². The molecule has 5 rings (SSSR count). The Bertz CT molecular complexity index is 1390. The number of pyridine rings is 1. The van der Waals surface area contributed by atoms with Crippen molar-refractivity contribution in [1.29, 1.82) is 0 Å². The first kappa shape index (κ1) is 19.6. The number of carbonyl (C=O) groups excluding carboxylic acids is 1. The summed E-state index contributed by atoms with van der Waals surface area (Å²) in [4.78, 5) is 34.2. The van der Waals surface area contributed by atoms with Gasteiger partial charge >= 0.3 is 0 Å². The van der Waals surface area contributed by atoms with Crippen LogP contribution >= 0.6 is 11.8 Å². The zero-order chi connectivity index (χ0) is 21.7. The minimum absolute atomic E-state index is 0.0867. The quantitative estimate of drug-likeness (QED) is 0.416. The Hall–Kier alpha value is -3.38. The second kappa shape index (κ2) is 7.39. The van der Waals surface area contributed by atoms with E-state index in [0.717, 1.165) is 21.6 Å². The molecule has 5 nitrogen and oxygen atoms in total. The summed E-state index contributed by atoms with van der Waals surface area (Å²) in [6, 6.07) is 16.5. The van der Waals surface area contributed by atoms with E-state index in [1.54, 1.807) is 28.9 Å². The number of carbonyl (C=O) groups is 1. The molecule has 6 heteroatoms. The lowest BCUT2D eigenvalue weighted by Gasteiger charge is -2.24. The first-order valence-corrected chi connectivity index (χ1v) is 11.2. The smallest absolute Gasteiger partial charge is 0.296 e. The lowest BCUT2D eigenvalue weighted by molar-refractivity contribution is 0.0970. The number of amides is 1. The van der Waals surface area contributed by atoms with Crippen LogP contribution in [0.5, 0.6) is 0 Å². The molecule has 0 radical (unpaired) electrons. The van der Waals surface area contributed by atoms with Gasteiger partial charge in [0.1, 0.15) is 11.4 Å². The van der Waals surface area contributed by atoms with Crippen LogP contribution in [0.2, 0.25) is 0 Å². The molecule has 2 aromatic carbocycles. The zero-order valence-corrected chi connectivity index (χ0v) is 18.2. The highest BCUT2D eigenvalue weighted by atomic mass is 32.2. The number of rotatable bonds is 3. The van der Waals surface area contributed by atoms with Crippen LogP contribution in [0.1, 0.15) is 38.9 Å². The predicted molar refractivity (Wildman–Crippen MR) is 123 cm³/mol. The summed E-state index contributed by atoms with van der Waals surface area (Å²) in [5.41, 5.74) is 3.38. The maximum atomic E-state index is 13.6. The van der Waals surface area contributed by atoms with Gasteiger partial charge in [-0.05, 0) is 67.6 Å². The third-order valence-electron chi connectivity index (χ3n) is 5.61. The molecule has 0 N–H and O–H groups in total. The van der Waals surface area contributed by atoms with E-state index in [9.17, 15) is 9.59 Å². The van der Waals surface area contributed by atoms with Gasteiger partial charge in [-0.15, -0.1) is 11.8 Å². The van der Waals surface area contributed by atoms with Gasteiger partial charge in [0, 0.05) is 11.1 Å². The van der Waals surface area contributed by atoms with Gasteiger partial charge in [0.25, 0.3) is 5.91 Å². The van der Waals surface area contributed by atoms with Gasteiger partial charge in [-0.1, -0.05) is 23.8 Å². The molecule has 1 atom stereocenters. The summed E-state index contributed by atoms with van der Waals surface area (Å²) < 4.78 is 6.01. The molecule has 1 amide bonds. The summed E-state index contributed by atoms with van der Waals surface area (Å²) in [5, 5.41) is 0.483. The topological polar surface area (TPSA) is 63.4 Å². The van der Waals surface area contributed by atoms with Crippen LogP contribution in [0.25, 0.3) is 11.0 Å². The third kappa shape index (κ3) is 3.15. The zero-order valence-electron chi connectivity index (χ0n) is 17.4. The lowest BCUT2D eigenvalue weighted by Crippen LogP contribution is -2.30. The van der Waals surface area contributed by atoms with Gasteiger partial charge < -0.3 is 4.42 Å². The van der Waals surface area contributed by atoms with Gasteiger partial charge in [-0.25, -0.2) is 4.98 Å². The van der Waals surface area contributed by atoms with E-state index in [2.05, 4.69) is 4.98 Å². The fraction of sp³-hybridized carbons (Fsp3) is 0.160. The molecule has 2 aromatic heterocycles. The Morgan fingerprint density at radius 1 is 0.968 bits per heavy atom. The molecule has 0 bridgehead atoms. The van der Waals surface area contributed by atoms with Crippen LogP contribution in [0.4, 0.5) is 5.82 Å². The Labute approximate surface area is 183 Å². The van der Waals surface area contributed by atoms with E-state index in [1.165, 1.54) is 0 Å². The number of hydrogen-bond donors (Lipinski definition) is 0. The van der Waals surface area contributed by atoms with Crippen molar-refractivity contribution in [3.63, 3.8) is 0 Å². The molecular weight excluding hydrogens is 408 g/mol. The van der Waals surface area contributed by atoms with E-state index in [-0.39, 0.29) is 17.1 Å². The second-order valence-corrected chi connectivity index (χ2v) is 8.60. The van der Waals surface area contributed by atoms with Crippen LogP contribution in [0.3, 0.4) is 0 Å². The Morgan fingerprint density at radius 3 is 2.42 bits per heavy atom. The average Bonchev–Trinajstić information content (AvgIpc) is 3.07. The lowest BCUT2D eigenvalue weighted by atomic mass is 9.98. The summed E-state index contributed by atoms with van der Waals surface area (Å²) in [7, 11) is 0. The highest BCUT2D eigenvalue weighted by Gasteiger charge is 2.44. The van der Waals surface area contributed by atoms with Gasteiger partial charge in [0.15, 0.2) is 5.43 Å². The van der Waals surface area contributed by atoms with E-state index in [0.29, 0.717) is 22.4 Å². The molecule has 0 unspecified atom stereocenters. The van der Waals surface area contributed by atoms with Crippen molar-refractivity contribution in [1.82, 2.24) is 4.98 Å². The van der Waals surface area contributed by atoms with Crippen molar-refractivity contribution in [2.75, 3.05) is 11.2 Å². The number of hydrogen-bond acceptors (Lipinski definition) is 5. The molecule has 3 heterocycles. The second-order valence-electron chi connectivity index (χ2n) is 7.72. The number of aromatic nitrogens is 1. The third-order valence-corrected chi connectivity index (χ3v) is 6.35. The van der Waals surface area contributed by atoms with Crippen LogP contribution in [0.15, 0.2) is 74.9 Å². The van der Waals surface area contributed by atoms with Crippen LogP contribution in [-0.4, -0.2) is 17.1 Å². The number of anilines is 1. The Morgan fingerprint density at radius 2 is 1.71 bits per heavy atom. The maximum absolute atomic E-state index is 13.6. The van der Waals surface area contributed by atoms with Crippen molar-refractivity contribution in [3.05, 3.63) is 99.0 Å². The van der Waals surface area contributed by atoms with Crippen LogP contribution < -0.4 is 10.3 Å². The SMILES string of the molecule is CSc1ccc([C@@H]2c3c(oc4ccc(C)cc4c3=O)C(=O)N2c2cc(C)ccn2)cc1. The van der Waals surface area contributed by atoms with Crippen molar-refractivity contribution < 1.29 is 9.21 Å². The number of nitrogens with zero attached hydrogens (tertiary/aromatic N) is 2. The fourth-order valence-electron chi connectivity index (χ4n) is 4.08. The minimum Gasteiger partial charge on any atom is -0.450 e. The first-order valence-electron chi connectivity index (χ1n) is 9.95. The molecule has 0 saturated carbocycles. The highest BCUT2D eigenvalue weighted by molar-refractivity contribution is 7.98. The molecule has 0 saturated heterocycles. The Balaban J connectivity index is 1.80. The van der Waals surface area contributed by atoms with Crippen LogP contribution in [0, 0.1) is 13.8 Å². The van der Waals surface area contributed by atoms with Gasteiger partial charge in [-0.3, -0.25) is 14.5 Å². The first-order chi connectivity index (χ1) is 15.0. The van der Waals surface area contributed by atoms with E-state index < -0.39 is 6.04 Å². The Kier molecular flexibility index (Phi) is 4.67. The molecular formula is C25H20N2O3S. The molecule has 0 spiro atoms. The standard InChI is InChI=1S/C25H20N2O3S/c1-14-4-9-19-18(12-14)23(28)21-22(16-5-7-17(31-3)8-6-16)27(25(29)24(21)30-19)20-13-15(2)10-11-26-20/h4-13,22H,1-3H3/t22-/m1/s1. The number of aryl methyl sites for hydroxylation is 2. The van der Waals surface area contributed by atoms with Crippen LogP contribution in [-0.2, 0) is 0 Å². The van der Waals surface area contributed by atoms with E-state index in [1.807, 2.05) is 68.6 Å². The highest BCUT2D eigenvalue weighted by Crippen LogP contribution is 2.41. The van der Waals surface area contributed by atoms with E-state index >= 15 is 0 Å². The van der Waals surface area contributed by atoms with Crippen molar-refractivity contribution in [3.8, 4) is 0 Å². The molecule has 0 fully saturated rings. The molecule has 154 valence electrons. The molecule has 1 aliphatic heterocycles. The van der Waals surface area contributed by atoms with Gasteiger partial charge in [0.05, 0.1) is 17.0 Å². The molecule has 31 heavy (non-hydrogen) atoms. The van der Waals surface area contributed by atoms with Gasteiger partial charge in [0.2, 0.25) is 5.76 Å². The average molecular weight is 429 g/mol. The minimum atomic E-state index is -0.603. The molecule has 4 aromatic rings. The number of thioether (sulfide) groups is 1. The maximum Gasteiger partial charge on any atom is 0.296 e. The monoisotopic (exact) mass is 428 g/mol. The summed E-state index contributed by atoms with van der Waals surface area (Å²) in [5.74, 6) is 0.227. The van der Waals surface area contributed by atoms with Crippen molar-refractivity contribution in [2.45, 2.75) is 24.8 Å². The predicted octanol–water partition coefficient (Wildman–Crippen LogP) is 5.28. The normalized spacial score (nSPS) is 15.5. The number of fused-ring (bicyclic) bond motifs is 2.